The zero-order chi connectivity index (χ0) is 22.2. The van der Waals surface area contributed by atoms with E-state index >= 15 is 0 Å². The van der Waals surface area contributed by atoms with Crippen LogP contribution >= 0.6 is 0 Å². The Kier molecular flexibility index (Phi) is 8.34. The van der Waals surface area contributed by atoms with Crippen LogP contribution in [0.15, 0.2) is 23.2 Å². The molecule has 2 aliphatic heterocycles. The Labute approximate surface area is 183 Å². The average molecular weight is 436 g/mol. The van der Waals surface area contributed by atoms with Gasteiger partial charge in [-0.25, -0.2) is 14.2 Å². The lowest BCUT2D eigenvalue weighted by molar-refractivity contribution is 0.111. The van der Waals surface area contributed by atoms with E-state index in [2.05, 4.69) is 15.6 Å². The summed E-state index contributed by atoms with van der Waals surface area (Å²) in [7, 11) is 1.40. The van der Waals surface area contributed by atoms with Gasteiger partial charge >= 0.3 is 6.09 Å². The Bertz CT molecular complexity index is 760. The molecule has 31 heavy (non-hydrogen) atoms. The van der Waals surface area contributed by atoms with E-state index in [0.29, 0.717) is 57.2 Å². The summed E-state index contributed by atoms with van der Waals surface area (Å²) >= 11 is 0. The van der Waals surface area contributed by atoms with Gasteiger partial charge in [0.05, 0.1) is 25.4 Å². The van der Waals surface area contributed by atoms with Crippen molar-refractivity contribution in [3.8, 4) is 0 Å². The maximum Gasteiger partial charge on any atom is 0.409 e. The van der Waals surface area contributed by atoms with Crippen molar-refractivity contribution in [2.24, 2.45) is 4.99 Å². The van der Waals surface area contributed by atoms with Crippen molar-refractivity contribution < 1.29 is 19.0 Å². The number of amides is 1. The second-order valence-electron chi connectivity index (χ2n) is 8.07. The number of guanidine groups is 1. The fourth-order valence-electron chi connectivity index (χ4n) is 4.03. The van der Waals surface area contributed by atoms with E-state index < -0.39 is 0 Å². The van der Waals surface area contributed by atoms with Crippen LogP contribution in [0.2, 0.25) is 0 Å². The number of nitrogens with zero attached hydrogens (tertiary/aromatic N) is 3. The first-order chi connectivity index (χ1) is 15.0. The van der Waals surface area contributed by atoms with Crippen LogP contribution in [0.1, 0.15) is 38.2 Å². The number of rotatable bonds is 5. The molecule has 0 spiro atoms. The van der Waals surface area contributed by atoms with E-state index in [-0.39, 0.29) is 24.1 Å². The number of aliphatic imine (C=N–C) groups is 1. The van der Waals surface area contributed by atoms with Crippen molar-refractivity contribution in [2.75, 3.05) is 44.7 Å². The van der Waals surface area contributed by atoms with Crippen LogP contribution in [0.3, 0.4) is 0 Å². The van der Waals surface area contributed by atoms with Crippen LogP contribution in [0, 0.1) is 5.82 Å². The fraction of sp³-hybridized carbons (Fsp3) is 0.636. The molecule has 2 fully saturated rings. The molecule has 0 radical (unpaired) electrons. The smallest absolute Gasteiger partial charge is 0.409 e. The van der Waals surface area contributed by atoms with E-state index in [9.17, 15) is 14.3 Å². The minimum absolute atomic E-state index is 0.215. The van der Waals surface area contributed by atoms with Crippen LogP contribution in [-0.2, 0) is 11.3 Å². The molecule has 1 aromatic carbocycles. The number of carbonyl (C=O) groups excluding carboxylic acids is 1. The number of hydrogen-bond donors (Lipinski definition) is 3. The molecule has 0 aromatic heterocycles. The van der Waals surface area contributed by atoms with Crippen LogP contribution in [0.25, 0.3) is 0 Å². The molecule has 3 N–H and O–H groups in total. The van der Waals surface area contributed by atoms with Crippen LogP contribution in [0.5, 0.6) is 0 Å². The lowest BCUT2D eigenvalue weighted by Crippen LogP contribution is -2.49. The summed E-state index contributed by atoms with van der Waals surface area (Å²) < 4.78 is 19.5. The fourth-order valence-corrected chi connectivity index (χ4v) is 4.03. The van der Waals surface area contributed by atoms with Gasteiger partial charge in [-0.05, 0) is 50.3 Å². The number of piperidine rings is 2. The zero-order valence-corrected chi connectivity index (χ0v) is 18.4. The standard InChI is InChI=1S/C22H34FN5O3/c1-3-24-21(26-17-6-10-28(11-7-17)22(30)31-2)25-15-16-4-5-20(19(23)14-16)27-12-8-18(29)9-13-27/h4-5,14,17-18,29H,3,6-13,15H2,1-2H3,(H2,24,25,26). The first-order valence-corrected chi connectivity index (χ1v) is 11.1. The number of carbonyl (C=O) groups is 1. The van der Waals surface area contributed by atoms with Gasteiger partial charge in [0, 0.05) is 38.8 Å². The van der Waals surface area contributed by atoms with Crippen molar-refractivity contribution in [1.29, 1.82) is 0 Å². The van der Waals surface area contributed by atoms with Gasteiger partial charge in [-0.3, -0.25) is 0 Å². The largest absolute Gasteiger partial charge is 0.453 e. The van der Waals surface area contributed by atoms with Gasteiger partial charge in [-0.2, -0.15) is 0 Å². The molecule has 1 amide bonds. The maximum absolute atomic E-state index is 14.7. The number of ether oxygens (including phenoxy) is 1. The second kappa shape index (κ2) is 11.2. The molecule has 0 aliphatic carbocycles. The summed E-state index contributed by atoms with van der Waals surface area (Å²) in [5.41, 5.74) is 1.39. The molecule has 3 rings (SSSR count). The molecular weight excluding hydrogens is 401 g/mol. The number of halogens is 1. The number of nitrogens with one attached hydrogen (secondary N) is 2. The summed E-state index contributed by atoms with van der Waals surface area (Å²) in [6.45, 7) is 5.71. The minimum atomic E-state index is -0.287. The van der Waals surface area contributed by atoms with Gasteiger partial charge in [0.25, 0.3) is 0 Å². The van der Waals surface area contributed by atoms with Crippen LogP contribution in [0.4, 0.5) is 14.9 Å². The summed E-state index contributed by atoms with van der Waals surface area (Å²) in [5, 5.41) is 16.3. The van der Waals surface area contributed by atoms with Gasteiger partial charge in [-0.1, -0.05) is 6.07 Å². The van der Waals surface area contributed by atoms with Crippen molar-refractivity contribution in [3.63, 3.8) is 0 Å². The quantitative estimate of drug-likeness (QED) is 0.485. The molecule has 9 heteroatoms. The van der Waals surface area contributed by atoms with E-state index in [0.717, 1.165) is 24.9 Å². The molecule has 2 aliphatic rings. The third kappa shape index (κ3) is 6.46. The van der Waals surface area contributed by atoms with Crippen molar-refractivity contribution in [2.45, 2.75) is 51.3 Å². The molecule has 0 atom stereocenters. The monoisotopic (exact) mass is 435 g/mol. The third-order valence-electron chi connectivity index (χ3n) is 5.85. The summed E-state index contributed by atoms with van der Waals surface area (Å²) in [5.74, 6) is 0.436. The molecule has 0 bridgehead atoms. The number of aliphatic hydroxyl groups is 1. The lowest BCUT2D eigenvalue weighted by Gasteiger charge is -2.32. The van der Waals surface area contributed by atoms with E-state index in [1.54, 1.807) is 17.0 Å². The number of benzene rings is 1. The molecule has 8 nitrogen and oxygen atoms in total. The maximum atomic E-state index is 14.7. The molecule has 2 saturated heterocycles. The van der Waals surface area contributed by atoms with E-state index in [4.69, 9.17) is 4.74 Å². The number of aliphatic hydroxyl groups excluding tert-OH is 1. The normalized spacial score (nSPS) is 18.8. The van der Waals surface area contributed by atoms with E-state index in [1.807, 2.05) is 17.9 Å². The van der Waals surface area contributed by atoms with Crippen LogP contribution in [-0.4, -0.2) is 74.0 Å². The number of likely N-dealkylation sites (tertiary alicyclic amines) is 1. The highest BCUT2D eigenvalue weighted by molar-refractivity contribution is 5.80. The molecule has 2 heterocycles. The molecule has 172 valence electrons. The summed E-state index contributed by atoms with van der Waals surface area (Å²) in [6, 6.07) is 5.47. The van der Waals surface area contributed by atoms with Gasteiger partial charge in [0.15, 0.2) is 5.96 Å². The molecule has 0 unspecified atom stereocenters. The molecule has 1 aromatic rings. The van der Waals surface area contributed by atoms with Gasteiger partial charge in [0.1, 0.15) is 5.82 Å². The predicted molar refractivity (Wildman–Crippen MR) is 119 cm³/mol. The minimum Gasteiger partial charge on any atom is -0.453 e. The predicted octanol–water partition coefficient (Wildman–Crippen LogP) is 2.07. The summed E-state index contributed by atoms with van der Waals surface area (Å²) in [4.78, 5) is 19.9. The Morgan fingerprint density at radius 1 is 1.23 bits per heavy atom. The first-order valence-electron chi connectivity index (χ1n) is 11.1. The highest BCUT2D eigenvalue weighted by Gasteiger charge is 2.24. The van der Waals surface area contributed by atoms with Crippen molar-refractivity contribution >= 4 is 17.7 Å². The van der Waals surface area contributed by atoms with Gasteiger partial charge in [0.2, 0.25) is 0 Å². The van der Waals surface area contributed by atoms with Crippen molar-refractivity contribution in [3.05, 3.63) is 29.6 Å². The Morgan fingerprint density at radius 2 is 1.94 bits per heavy atom. The number of hydrogen-bond acceptors (Lipinski definition) is 5. The van der Waals surface area contributed by atoms with Gasteiger partial charge < -0.3 is 30.3 Å². The summed E-state index contributed by atoms with van der Waals surface area (Å²) in [6.07, 6.45) is 2.40. The zero-order valence-electron chi connectivity index (χ0n) is 18.4. The average Bonchev–Trinajstić information content (AvgIpc) is 2.78. The van der Waals surface area contributed by atoms with E-state index in [1.165, 1.54) is 7.11 Å². The van der Waals surface area contributed by atoms with Gasteiger partial charge in [-0.15, -0.1) is 0 Å². The molecular formula is C22H34FN5O3. The Morgan fingerprint density at radius 3 is 2.55 bits per heavy atom. The highest BCUT2D eigenvalue weighted by Crippen LogP contribution is 2.24. The number of methoxy groups -OCH3 is 1. The topological polar surface area (TPSA) is 89.4 Å². The SMILES string of the molecule is CCNC(=NCc1ccc(N2CCC(O)CC2)c(F)c1)NC1CCN(C(=O)OC)CC1. The van der Waals surface area contributed by atoms with Crippen molar-refractivity contribution in [1.82, 2.24) is 15.5 Å². The lowest BCUT2D eigenvalue weighted by atomic mass is 10.1. The Balaban J connectivity index is 1.56. The number of anilines is 1. The Hall–Kier alpha value is -2.55. The van der Waals surface area contributed by atoms with Crippen LogP contribution < -0.4 is 15.5 Å². The first kappa shape index (κ1) is 23.1. The molecule has 0 saturated carbocycles. The second-order valence-corrected chi connectivity index (χ2v) is 8.07. The third-order valence-corrected chi connectivity index (χ3v) is 5.85. The highest BCUT2D eigenvalue weighted by atomic mass is 19.1.